The Labute approximate surface area is 150 Å². The third kappa shape index (κ3) is 5.52. The Morgan fingerprint density at radius 3 is 2.24 bits per heavy atom. The van der Waals surface area contributed by atoms with Crippen molar-refractivity contribution in [2.24, 2.45) is 0 Å². The zero-order valence-corrected chi connectivity index (χ0v) is 15.9. The Morgan fingerprint density at radius 2 is 1.68 bits per heavy atom. The molecule has 0 bridgehead atoms. The minimum Gasteiger partial charge on any atom is -0.496 e. The van der Waals surface area contributed by atoms with E-state index in [-0.39, 0.29) is 11.4 Å². The third-order valence-corrected chi connectivity index (χ3v) is 3.62. The van der Waals surface area contributed by atoms with Gasteiger partial charge in [0.15, 0.2) is 0 Å². The smallest absolute Gasteiger partial charge is 0.251 e. The molecule has 4 nitrogen and oxygen atoms in total. The maximum atomic E-state index is 12.4. The molecule has 2 aromatic rings. The van der Waals surface area contributed by atoms with Gasteiger partial charge in [0.1, 0.15) is 18.1 Å². The Bertz CT molecular complexity index is 740. The summed E-state index contributed by atoms with van der Waals surface area (Å²) in [5, 5.41) is 2.97. The zero-order valence-electron chi connectivity index (χ0n) is 15.9. The molecule has 0 saturated heterocycles. The number of carbonyl (C=O) groups excluding carboxylic acids is 1. The van der Waals surface area contributed by atoms with E-state index in [0.717, 1.165) is 22.4 Å². The molecule has 0 saturated carbocycles. The molecule has 0 atom stereocenters. The maximum Gasteiger partial charge on any atom is 0.251 e. The number of ether oxygens (including phenoxy) is 2. The molecule has 25 heavy (non-hydrogen) atoms. The lowest BCUT2D eigenvalue weighted by Gasteiger charge is -2.21. The van der Waals surface area contributed by atoms with Crippen LogP contribution in [0.1, 0.15) is 47.8 Å². The van der Waals surface area contributed by atoms with Crippen LogP contribution in [0.3, 0.4) is 0 Å². The average Bonchev–Trinajstić information content (AvgIpc) is 2.50. The topological polar surface area (TPSA) is 47.6 Å². The van der Waals surface area contributed by atoms with Gasteiger partial charge in [0.05, 0.1) is 7.11 Å². The fraction of sp³-hybridized carbons (Fsp3) is 0.381. The summed E-state index contributed by atoms with van der Waals surface area (Å²) in [6.45, 7) is 10.3. The van der Waals surface area contributed by atoms with Gasteiger partial charge in [0.2, 0.25) is 0 Å². The highest BCUT2D eigenvalue weighted by molar-refractivity contribution is 5.95. The van der Waals surface area contributed by atoms with Crippen molar-refractivity contribution in [3.63, 3.8) is 0 Å². The molecule has 0 radical (unpaired) electrons. The van der Waals surface area contributed by atoms with Gasteiger partial charge in [-0.3, -0.25) is 4.79 Å². The largest absolute Gasteiger partial charge is 0.496 e. The lowest BCUT2D eigenvalue weighted by atomic mass is 10.1. The van der Waals surface area contributed by atoms with Crippen molar-refractivity contribution in [1.82, 2.24) is 5.32 Å². The van der Waals surface area contributed by atoms with E-state index in [9.17, 15) is 4.79 Å². The van der Waals surface area contributed by atoms with Crippen LogP contribution in [0.25, 0.3) is 0 Å². The number of hydrogen-bond donors (Lipinski definition) is 1. The van der Waals surface area contributed by atoms with E-state index in [4.69, 9.17) is 9.47 Å². The van der Waals surface area contributed by atoms with E-state index in [0.29, 0.717) is 17.9 Å². The van der Waals surface area contributed by atoms with Crippen LogP contribution in [0.2, 0.25) is 0 Å². The van der Waals surface area contributed by atoms with Crippen LogP contribution in [0.15, 0.2) is 36.4 Å². The summed E-state index contributed by atoms with van der Waals surface area (Å²) < 4.78 is 11.3. The van der Waals surface area contributed by atoms with Crippen LogP contribution in [0.5, 0.6) is 11.5 Å². The summed E-state index contributed by atoms with van der Waals surface area (Å²) in [4.78, 5) is 12.4. The number of amides is 1. The Balaban J connectivity index is 2.20. The Kier molecular flexibility index (Phi) is 5.73. The van der Waals surface area contributed by atoms with E-state index < -0.39 is 0 Å². The van der Waals surface area contributed by atoms with Crippen molar-refractivity contribution in [2.75, 3.05) is 7.11 Å². The van der Waals surface area contributed by atoms with Gasteiger partial charge < -0.3 is 14.8 Å². The fourth-order valence-corrected chi connectivity index (χ4v) is 2.62. The number of aryl methyl sites for hydroxylation is 2. The fourth-order valence-electron chi connectivity index (χ4n) is 2.62. The van der Waals surface area contributed by atoms with E-state index in [1.165, 1.54) is 0 Å². The molecule has 0 unspecified atom stereocenters. The average molecular weight is 341 g/mol. The highest BCUT2D eigenvalue weighted by atomic mass is 16.5. The van der Waals surface area contributed by atoms with E-state index in [1.807, 2.05) is 52.8 Å². The van der Waals surface area contributed by atoms with E-state index in [2.05, 4.69) is 11.4 Å². The van der Waals surface area contributed by atoms with Crippen molar-refractivity contribution >= 4 is 5.91 Å². The second-order valence-electron chi connectivity index (χ2n) is 7.34. The summed E-state index contributed by atoms with van der Waals surface area (Å²) in [6, 6.07) is 11.5. The molecular weight excluding hydrogens is 314 g/mol. The quantitative estimate of drug-likeness (QED) is 0.876. The minimum atomic E-state index is -0.285. The van der Waals surface area contributed by atoms with Crippen LogP contribution >= 0.6 is 0 Å². The van der Waals surface area contributed by atoms with Gasteiger partial charge in [-0.25, -0.2) is 0 Å². The highest BCUT2D eigenvalue weighted by Crippen LogP contribution is 2.24. The predicted octanol–water partition coefficient (Wildman–Crippen LogP) is 4.42. The first kappa shape index (κ1) is 18.8. The zero-order chi connectivity index (χ0) is 18.6. The van der Waals surface area contributed by atoms with Gasteiger partial charge in [-0.15, -0.1) is 0 Å². The summed E-state index contributed by atoms with van der Waals surface area (Å²) >= 11 is 0. The summed E-state index contributed by atoms with van der Waals surface area (Å²) in [7, 11) is 1.62. The molecule has 0 aliphatic carbocycles. The standard InChI is InChI=1S/C21H27NO3/c1-14-9-15(2)11-18(10-14)25-13-17-12-16(7-8-19(17)24-6)20(23)22-21(3,4)5/h7-12H,13H2,1-6H3,(H,22,23). The molecular formula is C21H27NO3. The molecule has 0 spiro atoms. The number of rotatable bonds is 5. The Morgan fingerprint density at radius 1 is 1.04 bits per heavy atom. The predicted molar refractivity (Wildman–Crippen MR) is 100 cm³/mol. The second-order valence-corrected chi connectivity index (χ2v) is 7.34. The summed E-state index contributed by atoms with van der Waals surface area (Å²) in [5.41, 5.74) is 3.45. The highest BCUT2D eigenvalue weighted by Gasteiger charge is 2.17. The van der Waals surface area contributed by atoms with Crippen molar-refractivity contribution in [3.05, 3.63) is 58.7 Å². The number of carbonyl (C=O) groups is 1. The molecule has 1 amide bonds. The minimum absolute atomic E-state index is 0.109. The molecule has 0 heterocycles. The second kappa shape index (κ2) is 7.60. The molecule has 2 rings (SSSR count). The molecule has 0 aliphatic rings. The first-order chi connectivity index (χ1) is 11.7. The molecule has 4 heteroatoms. The third-order valence-electron chi connectivity index (χ3n) is 3.62. The number of hydrogen-bond acceptors (Lipinski definition) is 3. The van der Waals surface area contributed by atoms with Crippen molar-refractivity contribution in [1.29, 1.82) is 0 Å². The monoisotopic (exact) mass is 341 g/mol. The van der Waals surface area contributed by atoms with Crippen LogP contribution in [-0.4, -0.2) is 18.6 Å². The van der Waals surface area contributed by atoms with E-state index in [1.54, 1.807) is 19.2 Å². The van der Waals surface area contributed by atoms with Gasteiger partial charge in [0, 0.05) is 16.7 Å². The van der Waals surface area contributed by atoms with Gasteiger partial charge in [-0.1, -0.05) is 6.07 Å². The number of nitrogens with one attached hydrogen (secondary N) is 1. The molecule has 0 aliphatic heterocycles. The van der Waals surface area contributed by atoms with Crippen LogP contribution in [0, 0.1) is 13.8 Å². The van der Waals surface area contributed by atoms with Crippen molar-refractivity contribution < 1.29 is 14.3 Å². The normalized spacial score (nSPS) is 11.1. The van der Waals surface area contributed by atoms with Gasteiger partial charge in [0.25, 0.3) is 5.91 Å². The molecule has 0 fully saturated rings. The number of benzene rings is 2. The summed E-state index contributed by atoms with van der Waals surface area (Å²) in [6.07, 6.45) is 0. The Hall–Kier alpha value is -2.49. The molecule has 1 N–H and O–H groups in total. The van der Waals surface area contributed by atoms with Crippen LogP contribution in [-0.2, 0) is 6.61 Å². The van der Waals surface area contributed by atoms with Gasteiger partial charge >= 0.3 is 0 Å². The lowest BCUT2D eigenvalue weighted by Crippen LogP contribution is -2.40. The SMILES string of the molecule is COc1ccc(C(=O)NC(C)(C)C)cc1COc1cc(C)cc(C)c1. The van der Waals surface area contributed by atoms with Crippen molar-refractivity contribution in [3.8, 4) is 11.5 Å². The maximum absolute atomic E-state index is 12.4. The molecule has 2 aromatic carbocycles. The first-order valence-corrected chi connectivity index (χ1v) is 8.38. The van der Waals surface area contributed by atoms with Crippen molar-refractivity contribution in [2.45, 2.75) is 46.8 Å². The van der Waals surface area contributed by atoms with Gasteiger partial charge in [-0.05, 0) is 76.1 Å². The first-order valence-electron chi connectivity index (χ1n) is 8.38. The summed E-state index contributed by atoms with van der Waals surface area (Å²) in [5.74, 6) is 1.41. The van der Waals surface area contributed by atoms with Gasteiger partial charge in [-0.2, -0.15) is 0 Å². The van der Waals surface area contributed by atoms with E-state index >= 15 is 0 Å². The van der Waals surface area contributed by atoms with Crippen LogP contribution < -0.4 is 14.8 Å². The molecule has 0 aromatic heterocycles. The molecule has 134 valence electrons. The lowest BCUT2D eigenvalue weighted by molar-refractivity contribution is 0.0919. The number of methoxy groups -OCH3 is 1. The van der Waals surface area contributed by atoms with Crippen LogP contribution in [0.4, 0.5) is 0 Å².